The minimum atomic E-state index is -1.51. The van der Waals surface area contributed by atoms with E-state index in [1.165, 1.54) is 43.0 Å². The molecule has 0 bridgehead atoms. The van der Waals surface area contributed by atoms with Crippen LogP contribution >= 0.6 is 0 Å². The molecule has 2 aromatic heterocycles. The molecule has 10 rings (SSSR count). The normalized spacial score (nSPS) is 12.8. The molecule has 0 atom stereocenters. The second kappa shape index (κ2) is 19.0. The third-order valence-electron chi connectivity index (χ3n) is 11.3. The Labute approximate surface area is 388 Å². The van der Waals surface area contributed by atoms with Crippen molar-refractivity contribution in [3.05, 3.63) is 206 Å². The van der Waals surface area contributed by atoms with Crippen LogP contribution in [0.5, 0.6) is 0 Å². The molecule has 304 valence electrons. The SMILES string of the molecule is [Au].[Au].[C-]#Cc1ccc2c(c1)-c1ccccc1[Si]2(C)C.[C-]#Cc1ccc2c(c1)-c1ccccc1[Si]2(C)C.[c-]1nc(CCc2cn(-c3ccccc3)[c-]n2)cn1-c1ccccc1. The van der Waals surface area contributed by atoms with E-state index in [2.05, 4.69) is 133 Å². The van der Waals surface area contributed by atoms with Crippen molar-refractivity contribution in [1.82, 2.24) is 19.1 Å². The number of nitrogens with zero attached hydrogens (tertiary/aromatic N) is 4. The van der Waals surface area contributed by atoms with E-state index in [0.29, 0.717) is 0 Å². The molecular weight excluding hydrogens is 1130 g/mol. The fourth-order valence-electron chi connectivity index (χ4n) is 8.18. The molecule has 60 heavy (non-hydrogen) atoms. The Morgan fingerprint density at radius 2 is 0.817 bits per heavy atom. The molecule has 2 aliphatic heterocycles. The number of para-hydroxylation sites is 2. The molecular formula is C52H42Au2N4Si2-4. The van der Waals surface area contributed by atoms with Gasteiger partial charge in [-0.3, -0.25) is 11.8 Å². The number of fused-ring (bicyclic) bond motifs is 6. The zero-order chi connectivity index (χ0) is 40.3. The smallest absolute Gasteiger partial charge is 0.113 e. The first kappa shape index (κ1) is 44.3. The summed E-state index contributed by atoms with van der Waals surface area (Å²) in [7, 11) is -3.01. The van der Waals surface area contributed by atoms with Crippen LogP contribution in [0, 0.1) is 37.3 Å². The number of hydrogen-bond acceptors (Lipinski definition) is 2. The minimum absolute atomic E-state index is 0. The van der Waals surface area contributed by atoms with Crippen LogP contribution in [0.15, 0.2) is 158 Å². The first-order chi connectivity index (χ1) is 28.2. The number of hydrogen-bond donors (Lipinski definition) is 0. The van der Waals surface area contributed by atoms with Crippen molar-refractivity contribution in [3.63, 3.8) is 0 Å². The number of imidazole rings is 2. The summed E-state index contributed by atoms with van der Waals surface area (Å²) in [4.78, 5) is 8.73. The van der Waals surface area contributed by atoms with E-state index in [1.807, 2.05) is 94.3 Å². The van der Waals surface area contributed by atoms with Crippen molar-refractivity contribution in [1.29, 1.82) is 0 Å². The van der Waals surface area contributed by atoms with E-state index < -0.39 is 16.1 Å². The molecule has 6 aromatic carbocycles. The molecule has 8 heteroatoms. The first-order valence-corrected chi connectivity index (χ1v) is 25.5. The topological polar surface area (TPSA) is 35.6 Å². The molecule has 0 N–H and O–H groups in total. The summed E-state index contributed by atoms with van der Waals surface area (Å²) in [6.07, 6.45) is 26.2. The predicted octanol–water partition coefficient (Wildman–Crippen LogP) is 8.29. The summed E-state index contributed by atoms with van der Waals surface area (Å²) in [5, 5.41) is 5.99. The van der Waals surface area contributed by atoms with Crippen LogP contribution in [-0.2, 0) is 57.6 Å². The van der Waals surface area contributed by atoms with Crippen LogP contribution in [0.1, 0.15) is 22.5 Å². The average Bonchev–Trinajstić information content (AvgIpc) is 4.05. The third kappa shape index (κ3) is 8.94. The van der Waals surface area contributed by atoms with Crippen molar-refractivity contribution in [3.8, 4) is 45.5 Å². The minimum Gasteiger partial charge on any atom is -0.433 e. The number of rotatable bonds is 5. The van der Waals surface area contributed by atoms with E-state index in [4.69, 9.17) is 12.8 Å². The molecule has 2 radical (unpaired) electrons. The van der Waals surface area contributed by atoms with Crippen LogP contribution in [0.4, 0.5) is 0 Å². The van der Waals surface area contributed by atoms with Gasteiger partial charge in [-0.2, -0.15) is 0 Å². The zero-order valence-corrected chi connectivity index (χ0v) is 40.2. The molecule has 0 saturated carbocycles. The molecule has 2 aliphatic rings. The monoisotopic (exact) mass is 1170 g/mol. The zero-order valence-electron chi connectivity index (χ0n) is 33.8. The van der Waals surface area contributed by atoms with Gasteiger partial charge in [0, 0.05) is 57.4 Å². The maximum absolute atomic E-state index is 7.25. The Kier molecular flexibility index (Phi) is 14.0. The summed E-state index contributed by atoms with van der Waals surface area (Å²) >= 11 is 0. The van der Waals surface area contributed by atoms with Gasteiger partial charge in [0.2, 0.25) is 0 Å². The first-order valence-electron chi connectivity index (χ1n) is 19.5. The van der Waals surface area contributed by atoms with E-state index in [1.54, 1.807) is 0 Å². The van der Waals surface area contributed by atoms with E-state index in [-0.39, 0.29) is 44.8 Å². The standard InChI is InChI=1S/C20H16N4.2C16H13Si.2Au/c1-3-7-19(8-4-1)23-13-17(21-15-23)11-12-18-14-24(16-22-18)20-9-5-2-6-10-20;2*1-4-12-9-10-16-14(11-12)13-7-5-6-8-15(13)17(16,2)3;;/h1-10,13-14H,11-12H2;2*5-11H,2-3H3;;/q-2;2*-1;;. The van der Waals surface area contributed by atoms with Crippen LogP contribution in [0.25, 0.3) is 33.6 Å². The van der Waals surface area contributed by atoms with Gasteiger partial charge < -0.3 is 31.9 Å². The van der Waals surface area contributed by atoms with Gasteiger partial charge in [-0.25, -0.2) is 0 Å². The van der Waals surface area contributed by atoms with Gasteiger partial charge in [-0.05, 0) is 54.4 Å². The van der Waals surface area contributed by atoms with Gasteiger partial charge in [0.1, 0.15) is 16.1 Å². The van der Waals surface area contributed by atoms with E-state index in [9.17, 15) is 0 Å². The summed E-state index contributed by atoms with van der Waals surface area (Å²) in [6.45, 7) is 9.58. The Bertz CT molecular complexity index is 2630. The molecule has 0 aliphatic carbocycles. The van der Waals surface area contributed by atoms with Crippen molar-refractivity contribution in [2.24, 2.45) is 0 Å². The molecule has 4 heterocycles. The summed E-state index contributed by atoms with van der Waals surface area (Å²) in [5.74, 6) is 4.96. The van der Waals surface area contributed by atoms with Crippen molar-refractivity contribution in [2.45, 2.75) is 39.0 Å². The Morgan fingerprint density at radius 3 is 1.20 bits per heavy atom. The Balaban J connectivity index is 0.000000152. The summed E-state index contributed by atoms with van der Waals surface area (Å²) in [5.41, 5.74) is 11.2. The molecule has 0 unspecified atom stereocenters. The fourth-order valence-corrected chi connectivity index (χ4v) is 14.3. The van der Waals surface area contributed by atoms with Gasteiger partial charge >= 0.3 is 0 Å². The van der Waals surface area contributed by atoms with Gasteiger partial charge in [0.15, 0.2) is 0 Å². The van der Waals surface area contributed by atoms with Crippen molar-refractivity contribution in [2.75, 3.05) is 0 Å². The van der Waals surface area contributed by atoms with Crippen LogP contribution in [0.3, 0.4) is 0 Å². The third-order valence-corrected chi connectivity index (χ3v) is 18.5. The molecule has 0 amide bonds. The fraction of sp³-hybridized carbons (Fsp3) is 0.115. The molecule has 0 spiro atoms. The number of aromatic nitrogens is 4. The molecule has 4 nitrogen and oxygen atoms in total. The van der Waals surface area contributed by atoms with E-state index >= 15 is 0 Å². The quantitative estimate of drug-likeness (QED) is 0.0990. The van der Waals surface area contributed by atoms with Gasteiger partial charge in [0.05, 0.1) is 0 Å². The van der Waals surface area contributed by atoms with Gasteiger partial charge in [-0.1, -0.05) is 184 Å². The largest absolute Gasteiger partial charge is 0.433 e. The number of benzene rings is 6. The van der Waals surface area contributed by atoms with Crippen LogP contribution in [-0.4, -0.2) is 35.2 Å². The second-order valence-electron chi connectivity index (χ2n) is 15.7. The van der Waals surface area contributed by atoms with Crippen LogP contribution in [0.2, 0.25) is 26.2 Å². The maximum Gasteiger partial charge on any atom is 0.113 e. The summed E-state index contributed by atoms with van der Waals surface area (Å²) in [6, 6.07) is 50.2. The Morgan fingerprint density at radius 1 is 0.467 bits per heavy atom. The van der Waals surface area contributed by atoms with Crippen LogP contribution < -0.4 is 20.7 Å². The van der Waals surface area contributed by atoms with Gasteiger partial charge in [-0.15, -0.1) is 35.4 Å². The van der Waals surface area contributed by atoms with Crippen molar-refractivity contribution >= 4 is 36.9 Å². The van der Waals surface area contributed by atoms with Crippen molar-refractivity contribution < 1.29 is 44.8 Å². The average molecular weight is 1170 g/mol. The Hall–Kier alpha value is -5.23. The summed E-state index contributed by atoms with van der Waals surface area (Å²) < 4.78 is 3.84. The maximum atomic E-state index is 7.25. The van der Waals surface area contributed by atoms with Gasteiger partial charge in [0.25, 0.3) is 0 Å². The number of aryl methyl sites for hydroxylation is 2. The molecule has 0 saturated heterocycles. The molecule has 8 aromatic rings. The predicted molar refractivity (Wildman–Crippen MR) is 242 cm³/mol. The second-order valence-corrected chi connectivity index (χ2v) is 24.3. The van der Waals surface area contributed by atoms with E-state index in [0.717, 1.165) is 46.7 Å². The molecule has 0 fully saturated rings.